The number of benzene rings is 1. The third kappa shape index (κ3) is 1.51. The van der Waals surface area contributed by atoms with Gasteiger partial charge >= 0.3 is 0 Å². The van der Waals surface area contributed by atoms with Gasteiger partial charge in [0, 0.05) is 17.1 Å². The van der Waals surface area contributed by atoms with Crippen LogP contribution in [0.15, 0.2) is 22.7 Å². The van der Waals surface area contributed by atoms with Crippen LogP contribution in [0.4, 0.5) is 4.39 Å². The Kier molecular flexibility index (Phi) is 2.64. The zero-order valence-corrected chi connectivity index (χ0v) is 10.8. The van der Waals surface area contributed by atoms with Crippen molar-refractivity contribution in [2.75, 3.05) is 6.26 Å². The molecule has 0 bridgehead atoms. The second-order valence-electron chi connectivity index (χ2n) is 3.95. The Morgan fingerprint density at radius 2 is 2.19 bits per heavy atom. The molecule has 0 saturated heterocycles. The molecule has 1 N–H and O–H groups in total. The van der Waals surface area contributed by atoms with Crippen molar-refractivity contribution < 1.29 is 17.9 Å². The number of halogens is 2. The lowest BCUT2D eigenvalue weighted by molar-refractivity contribution is 0.0626. The Balaban J connectivity index is 2.62. The molecule has 88 valence electrons. The second-order valence-corrected chi connectivity index (χ2v) is 7.02. The maximum atomic E-state index is 14.3. The molecular formula is C10H10BrFO3S. The molecule has 0 spiro atoms. The highest BCUT2D eigenvalue weighted by Crippen LogP contribution is 2.47. The average Bonchev–Trinajstić information content (AvgIpc) is 2.43. The lowest BCUT2D eigenvalue weighted by Gasteiger charge is -2.21. The lowest BCUT2D eigenvalue weighted by Crippen LogP contribution is -2.37. The number of hydrogen-bond acceptors (Lipinski definition) is 3. The molecule has 0 aliphatic heterocycles. The number of aliphatic hydroxyl groups is 1. The van der Waals surface area contributed by atoms with E-state index in [1.165, 1.54) is 6.07 Å². The summed E-state index contributed by atoms with van der Waals surface area (Å²) in [5.74, 6) is 0. The SMILES string of the molecule is CS(=O)(=O)C1(F)Cc2c(Br)cccc2C1O. The third-order valence-electron chi connectivity index (χ3n) is 2.89. The Morgan fingerprint density at radius 1 is 1.56 bits per heavy atom. The number of rotatable bonds is 1. The fraction of sp³-hybridized carbons (Fsp3) is 0.400. The first kappa shape index (κ1) is 12.0. The largest absolute Gasteiger partial charge is 0.384 e. The minimum absolute atomic E-state index is 0.316. The van der Waals surface area contributed by atoms with Crippen LogP contribution in [0.2, 0.25) is 0 Å². The van der Waals surface area contributed by atoms with E-state index in [-0.39, 0.29) is 6.42 Å². The summed E-state index contributed by atoms with van der Waals surface area (Å²) in [6, 6.07) is 4.87. The summed E-state index contributed by atoms with van der Waals surface area (Å²) in [5.41, 5.74) is 0.852. The molecule has 1 aromatic rings. The smallest absolute Gasteiger partial charge is 0.243 e. The second kappa shape index (κ2) is 3.51. The van der Waals surface area contributed by atoms with Crippen molar-refractivity contribution in [2.24, 2.45) is 0 Å². The molecular weight excluding hydrogens is 299 g/mol. The summed E-state index contributed by atoms with van der Waals surface area (Å²) >= 11 is 3.22. The van der Waals surface area contributed by atoms with Gasteiger partial charge in [-0.1, -0.05) is 28.1 Å². The van der Waals surface area contributed by atoms with Gasteiger partial charge < -0.3 is 5.11 Å². The number of aliphatic hydroxyl groups excluding tert-OH is 1. The molecule has 0 aromatic heterocycles. The summed E-state index contributed by atoms with van der Waals surface area (Å²) in [5, 5.41) is 7.17. The van der Waals surface area contributed by atoms with E-state index in [0.717, 1.165) is 6.26 Å². The third-order valence-corrected chi connectivity index (χ3v) is 5.24. The number of alkyl halides is 1. The first-order chi connectivity index (χ1) is 7.27. The van der Waals surface area contributed by atoms with Crippen molar-refractivity contribution in [1.29, 1.82) is 0 Å². The number of hydrogen-bond donors (Lipinski definition) is 1. The summed E-state index contributed by atoms with van der Waals surface area (Å²) in [4.78, 5) is 0. The molecule has 1 aromatic carbocycles. The van der Waals surface area contributed by atoms with Gasteiger partial charge in [-0.25, -0.2) is 12.8 Å². The monoisotopic (exact) mass is 308 g/mol. The van der Waals surface area contributed by atoms with Crippen molar-refractivity contribution >= 4 is 25.8 Å². The van der Waals surface area contributed by atoms with Gasteiger partial charge in [0.2, 0.25) is 5.00 Å². The van der Waals surface area contributed by atoms with Crippen LogP contribution in [0.3, 0.4) is 0 Å². The maximum Gasteiger partial charge on any atom is 0.243 e. The normalized spacial score (nSPS) is 29.1. The summed E-state index contributed by atoms with van der Waals surface area (Å²) < 4.78 is 37.7. The highest BCUT2D eigenvalue weighted by molar-refractivity contribution is 9.10. The molecule has 2 atom stereocenters. The maximum absolute atomic E-state index is 14.3. The van der Waals surface area contributed by atoms with Gasteiger partial charge in [0.1, 0.15) is 6.10 Å². The van der Waals surface area contributed by atoms with Crippen LogP contribution in [0, 0.1) is 0 Å². The van der Waals surface area contributed by atoms with E-state index in [0.29, 0.717) is 15.6 Å². The molecule has 1 aliphatic rings. The van der Waals surface area contributed by atoms with E-state index in [1.54, 1.807) is 12.1 Å². The predicted octanol–water partition coefficient (Wildman–Crippen LogP) is 1.75. The number of sulfone groups is 1. The molecule has 0 amide bonds. The van der Waals surface area contributed by atoms with E-state index in [2.05, 4.69) is 15.9 Å². The van der Waals surface area contributed by atoms with E-state index in [4.69, 9.17) is 0 Å². The van der Waals surface area contributed by atoms with E-state index in [9.17, 15) is 17.9 Å². The van der Waals surface area contributed by atoms with Crippen LogP contribution in [0.25, 0.3) is 0 Å². The van der Waals surface area contributed by atoms with Gasteiger partial charge in [0.15, 0.2) is 9.84 Å². The molecule has 1 aliphatic carbocycles. The van der Waals surface area contributed by atoms with E-state index < -0.39 is 20.9 Å². The summed E-state index contributed by atoms with van der Waals surface area (Å²) in [6.45, 7) is 0. The minimum atomic E-state index is -3.97. The molecule has 6 heteroatoms. The van der Waals surface area contributed by atoms with Crippen molar-refractivity contribution in [2.45, 2.75) is 17.5 Å². The van der Waals surface area contributed by atoms with Crippen LogP contribution < -0.4 is 0 Å². The van der Waals surface area contributed by atoms with Gasteiger partial charge in [0.25, 0.3) is 0 Å². The van der Waals surface area contributed by atoms with Crippen LogP contribution in [-0.4, -0.2) is 24.8 Å². The van der Waals surface area contributed by atoms with Gasteiger partial charge in [-0.05, 0) is 17.2 Å². The zero-order chi connectivity index (χ0) is 12.1. The molecule has 16 heavy (non-hydrogen) atoms. The Labute approximate surface area is 101 Å². The first-order valence-corrected chi connectivity index (χ1v) is 7.29. The standard InChI is InChI=1S/C10H10BrFO3S/c1-16(14,15)10(12)5-7-6(9(10)13)3-2-4-8(7)11/h2-4,9,13H,5H2,1H3. The molecule has 0 radical (unpaired) electrons. The van der Waals surface area contributed by atoms with Crippen molar-refractivity contribution in [3.8, 4) is 0 Å². The Morgan fingerprint density at radius 3 is 2.69 bits per heavy atom. The van der Waals surface area contributed by atoms with Crippen LogP contribution in [0.5, 0.6) is 0 Å². The fourth-order valence-corrected chi connectivity index (χ4v) is 3.38. The quantitative estimate of drug-likeness (QED) is 0.860. The van der Waals surface area contributed by atoms with Gasteiger partial charge in [-0.2, -0.15) is 0 Å². The first-order valence-electron chi connectivity index (χ1n) is 4.61. The number of fused-ring (bicyclic) bond motifs is 1. The highest BCUT2D eigenvalue weighted by atomic mass is 79.9. The average molecular weight is 309 g/mol. The molecule has 2 rings (SSSR count). The summed E-state index contributed by atoms with van der Waals surface area (Å²) in [6.07, 6.45) is -1.13. The molecule has 0 saturated carbocycles. The van der Waals surface area contributed by atoms with Gasteiger partial charge in [0.05, 0.1) is 0 Å². The Bertz CT molecular complexity index is 543. The van der Waals surface area contributed by atoms with Crippen molar-refractivity contribution in [3.63, 3.8) is 0 Å². The van der Waals surface area contributed by atoms with Crippen molar-refractivity contribution in [3.05, 3.63) is 33.8 Å². The van der Waals surface area contributed by atoms with E-state index >= 15 is 0 Å². The minimum Gasteiger partial charge on any atom is -0.384 e. The molecule has 0 fully saturated rings. The predicted molar refractivity (Wildman–Crippen MR) is 61.5 cm³/mol. The Hall–Kier alpha value is -0.460. The topological polar surface area (TPSA) is 54.4 Å². The lowest BCUT2D eigenvalue weighted by atomic mass is 10.1. The van der Waals surface area contributed by atoms with Gasteiger partial charge in [-0.3, -0.25) is 0 Å². The molecule has 3 nitrogen and oxygen atoms in total. The van der Waals surface area contributed by atoms with Crippen LogP contribution >= 0.6 is 15.9 Å². The van der Waals surface area contributed by atoms with E-state index in [1.807, 2.05) is 0 Å². The molecule has 2 unspecified atom stereocenters. The van der Waals surface area contributed by atoms with Crippen LogP contribution in [-0.2, 0) is 16.3 Å². The summed E-state index contributed by atoms with van der Waals surface area (Å²) in [7, 11) is -3.97. The van der Waals surface area contributed by atoms with Gasteiger partial charge in [-0.15, -0.1) is 0 Å². The zero-order valence-electron chi connectivity index (χ0n) is 8.44. The fourth-order valence-electron chi connectivity index (χ4n) is 1.92. The highest BCUT2D eigenvalue weighted by Gasteiger charge is 2.54. The van der Waals surface area contributed by atoms with Crippen molar-refractivity contribution in [1.82, 2.24) is 0 Å². The molecule has 0 heterocycles. The van der Waals surface area contributed by atoms with Crippen LogP contribution in [0.1, 0.15) is 17.2 Å².